The van der Waals surface area contributed by atoms with Crippen LogP contribution in [0.3, 0.4) is 0 Å². The quantitative estimate of drug-likeness (QED) is 0.441. The van der Waals surface area contributed by atoms with Crippen LogP contribution in [-0.2, 0) is 5.88 Å². The zero-order chi connectivity index (χ0) is 12.9. The lowest BCUT2D eigenvalue weighted by Gasteiger charge is -2.10. The second kappa shape index (κ2) is 6.10. The molecule has 17 heavy (non-hydrogen) atoms. The van der Waals surface area contributed by atoms with E-state index in [2.05, 4.69) is 0 Å². The molecule has 0 saturated heterocycles. The van der Waals surface area contributed by atoms with Gasteiger partial charge < -0.3 is 4.74 Å². The number of rotatable bonds is 5. The smallest absolute Gasteiger partial charge is 0.389 e. The van der Waals surface area contributed by atoms with Crippen LogP contribution >= 0.6 is 11.6 Å². The van der Waals surface area contributed by atoms with E-state index in [0.717, 1.165) is 0 Å². The minimum Gasteiger partial charge on any atom is -0.493 e. The van der Waals surface area contributed by atoms with Crippen LogP contribution < -0.4 is 4.74 Å². The van der Waals surface area contributed by atoms with Crippen molar-refractivity contribution in [3.05, 3.63) is 29.6 Å². The lowest BCUT2D eigenvalue weighted by atomic mass is 10.2. The van der Waals surface area contributed by atoms with Gasteiger partial charge in [0, 0.05) is 12.0 Å². The molecular weight excluding hydrogens is 260 g/mol. The summed E-state index contributed by atoms with van der Waals surface area (Å²) < 4.78 is 53.5. The fourth-order valence-corrected chi connectivity index (χ4v) is 1.46. The highest BCUT2D eigenvalue weighted by atomic mass is 35.5. The molecule has 1 rings (SSSR count). The fourth-order valence-electron chi connectivity index (χ4n) is 1.25. The molecule has 0 aliphatic rings. The molecule has 0 fully saturated rings. The van der Waals surface area contributed by atoms with Gasteiger partial charge in [0.1, 0.15) is 11.6 Å². The van der Waals surface area contributed by atoms with Crippen molar-refractivity contribution in [3.8, 4) is 5.75 Å². The lowest BCUT2D eigenvalue weighted by Crippen LogP contribution is -2.10. The molecule has 0 saturated carbocycles. The Morgan fingerprint density at radius 3 is 2.53 bits per heavy atom. The number of alkyl halides is 4. The zero-order valence-electron chi connectivity index (χ0n) is 8.86. The molecule has 0 radical (unpaired) electrons. The Hall–Kier alpha value is -0.970. The van der Waals surface area contributed by atoms with Crippen LogP contribution in [0.15, 0.2) is 18.2 Å². The normalized spacial score (nSPS) is 11.6. The molecule has 0 aromatic heterocycles. The Bertz CT molecular complexity index is 365. The minimum atomic E-state index is -4.18. The molecule has 96 valence electrons. The van der Waals surface area contributed by atoms with Gasteiger partial charge in [-0.05, 0) is 24.6 Å². The molecule has 0 bridgehead atoms. The molecule has 0 amide bonds. The van der Waals surface area contributed by atoms with E-state index >= 15 is 0 Å². The van der Waals surface area contributed by atoms with E-state index in [4.69, 9.17) is 16.3 Å². The van der Waals surface area contributed by atoms with Crippen molar-refractivity contribution in [3.63, 3.8) is 0 Å². The molecule has 1 aromatic rings. The number of hydrogen-bond acceptors (Lipinski definition) is 1. The first kappa shape index (κ1) is 14.1. The number of hydrogen-bond donors (Lipinski definition) is 0. The second-order valence-electron chi connectivity index (χ2n) is 3.45. The number of halogens is 5. The predicted octanol–water partition coefficient (Wildman–Crippen LogP) is 4.29. The lowest BCUT2D eigenvalue weighted by molar-refractivity contribution is -0.136. The third-order valence-electron chi connectivity index (χ3n) is 2.03. The van der Waals surface area contributed by atoms with E-state index in [1.807, 2.05) is 0 Å². The molecule has 1 aromatic carbocycles. The van der Waals surface area contributed by atoms with Gasteiger partial charge in [-0.2, -0.15) is 13.2 Å². The van der Waals surface area contributed by atoms with E-state index in [1.54, 1.807) is 0 Å². The Kier molecular flexibility index (Phi) is 5.05. The fraction of sp³-hybridized carbons (Fsp3) is 0.455. The Labute approximate surface area is 101 Å². The summed E-state index contributed by atoms with van der Waals surface area (Å²) in [5.41, 5.74) is 0.429. The third-order valence-corrected chi connectivity index (χ3v) is 2.32. The van der Waals surface area contributed by atoms with Crippen molar-refractivity contribution in [2.75, 3.05) is 6.61 Å². The monoisotopic (exact) mass is 270 g/mol. The topological polar surface area (TPSA) is 9.23 Å². The van der Waals surface area contributed by atoms with Gasteiger partial charge in [-0.3, -0.25) is 0 Å². The molecule has 0 heterocycles. The largest absolute Gasteiger partial charge is 0.493 e. The molecule has 0 spiro atoms. The minimum absolute atomic E-state index is 0.0480. The van der Waals surface area contributed by atoms with Crippen molar-refractivity contribution in [2.45, 2.75) is 24.9 Å². The maximum atomic E-state index is 12.8. The van der Waals surface area contributed by atoms with Gasteiger partial charge >= 0.3 is 6.18 Å². The second-order valence-corrected chi connectivity index (χ2v) is 3.72. The summed E-state index contributed by atoms with van der Waals surface area (Å²) in [6.07, 6.45) is -5.21. The first-order valence-corrected chi connectivity index (χ1v) is 5.50. The molecule has 0 aliphatic heterocycles. The highest BCUT2D eigenvalue weighted by Crippen LogP contribution is 2.24. The first-order valence-electron chi connectivity index (χ1n) is 4.96. The average molecular weight is 271 g/mol. The SMILES string of the molecule is Fc1ccc(OCCCC(F)(F)F)c(CCl)c1. The van der Waals surface area contributed by atoms with Crippen molar-refractivity contribution in [1.29, 1.82) is 0 Å². The van der Waals surface area contributed by atoms with E-state index in [0.29, 0.717) is 11.3 Å². The van der Waals surface area contributed by atoms with E-state index in [-0.39, 0.29) is 18.9 Å². The number of benzene rings is 1. The Morgan fingerprint density at radius 1 is 1.24 bits per heavy atom. The van der Waals surface area contributed by atoms with Crippen LogP contribution in [0.1, 0.15) is 18.4 Å². The summed E-state index contributed by atoms with van der Waals surface area (Å²) in [4.78, 5) is 0. The Morgan fingerprint density at radius 2 is 1.94 bits per heavy atom. The van der Waals surface area contributed by atoms with Gasteiger partial charge in [0.05, 0.1) is 12.5 Å². The first-order chi connectivity index (χ1) is 7.92. The maximum absolute atomic E-state index is 12.8. The predicted molar refractivity (Wildman–Crippen MR) is 56.7 cm³/mol. The molecule has 0 unspecified atom stereocenters. The zero-order valence-corrected chi connectivity index (χ0v) is 9.61. The number of ether oxygens (including phenoxy) is 1. The van der Waals surface area contributed by atoms with Gasteiger partial charge in [0.25, 0.3) is 0 Å². The summed E-state index contributed by atoms with van der Waals surface area (Å²) in [7, 11) is 0. The van der Waals surface area contributed by atoms with Gasteiger partial charge in [0.15, 0.2) is 0 Å². The van der Waals surface area contributed by atoms with E-state index in [9.17, 15) is 17.6 Å². The van der Waals surface area contributed by atoms with Crippen molar-refractivity contribution >= 4 is 11.6 Å². The Balaban J connectivity index is 2.46. The summed E-state index contributed by atoms with van der Waals surface area (Å²) in [5.74, 6) is -0.0846. The van der Waals surface area contributed by atoms with Gasteiger partial charge in [-0.1, -0.05) is 0 Å². The molecule has 6 heteroatoms. The van der Waals surface area contributed by atoms with Gasteiger partial charge in [-0.25, -0.2) is 4.39 Å². The van der Waals surface area contributed by atoms with Crippen LogP contribution in [-0.4, -0.2) is 12.8 Å². The molecule has 0 atom stereocenters. The van der Waals surface area contributed by atoms with Crippen LogP contribution in [0, 0.1) is 5.82 Å². The molecule has 1 nitrogen and oxygen atoms in total. The molecular formula is C11H11ClF4O. The average Bonchev–Trinajstić information content (AvgIpc) is 2.24. The van der Waals surface area contributed by atoms with Crippen molar-refractivity contribution < 1.29 is 22.3 Å². The van der Waals surface area contributed by atoms with Crippen LogP contribution in [0.25, 0.3) is 0 Å². The van der Waals surface area contributed by atoms with Crippen LogP contribution in [0.2, 0.25) is 0 Å². The summed E-state index contributed by atoms with van der Waals surface area (Å²) in [5, 5.41) is 0. The summed E-state index contributed by atoms with van der Waals surface area (Å²) in [6.45, 7) is -0.0744. The standard InChI is InChI=1S/C11H11ClF4O/c12-7-8-6-9(13)2-3-10(8)17-5-1-4-11(14,15)16/h2-3,6H,1,4-5,7H2. The van der Waals surface area contributed by atoms with E-state index in [1.165, 1.54) is 18.2 Å². The van der Waals surface area contributed by atoms with Crippen molar-refractivity contribution in [1.82, 2.24) is 0 Å². The third kappa shape index (κ3) is 5.26. The van der Waals surface area contributed by atoms with Crippen LogP contribution in [0.5, 0.6) is 5.75 Å². The highest BCUT2D eigenvalue weighted by molar-refractivity contribution is 6.17. The van der Waals surface area contributed by atoms with Gasteiger partial charge in [-0.15, -0.1) is 11.6 Å². The summed E-state index contributed by atoms with van der Waals surface area (Å²) in [6, 6.07) is 3.74. The molecule has 0 aliphatic carbocycles. The van der Waals surface area contributed by atoms with Gasteiger partial charge in [0.2, 0.25) is 0 Å². The van der Waals surface area contributed by atoms with E-state index < -0.39 is 18.4 Å². The molecule has 0 N–H and O–H groups in total. The van der Waals surface area contributed by atoms with Crippen LogP contribution in [0.4, 0.5) is 17.6 Å². The maximum Gasteiger partial charge on any atom is 0.389 e. The summed E-state index contributed by atoms with van der Waals surface area (Å²) >= 11 is 5.56. The van der Waals surface area contributed by atoms with Crippen molar-refractivity contribution in [2.24, 2.45) is 0 Å². The highest BCUT2D eigenvalue weighted by Gasteiger charge is 2.26.